The molecule has 1 aromatic carbocycles. The van der Waals surface area contributed by atoms with Crippen molar-refractivity contribution in [1.82, 2.24) is 0 Å². The first-order valence-electron chi connectivity index (χ1n) is 9.29. The van der Waals surface area contributed by atoms with Crippen molar-refractivity contribution in [2.45, 2.75) is 71.6 Å². The molecule has 0 unspecified atom stereocenters. The lowest BCUT2D eigenvalue weighted by atomic mass is 10.1. The molecule has 0 aromatic heterocycles. The van der Waals surface area contributed by atoms with Crippen molar-refractivity contribution in [3.63, 3.8) is 0 Å². The number of esters is 1. The number of rotatable bonds is 13. The summed E-state index contributed by atoms with van der Waals surface area (Å²) in [6.07, 6.45) is 8.58. The molecule has 0 saturated heterocycles. The number of benzene rings is 1. The van der Waals surface area contributed by atoms with Crippen molar-refractivity contribution < 1.29 is 24.2 Å². The second-order valence-corrected chi connectivity index (χ2v) is 6.16. The predicted molar refractivity (Wildman–Crippen MR) is 97.4 cm³/mol. The topological polar surface area (TPSA) is 72.8 Å². The van der Waals surface area contributed by atoms with Gasteiger partial charge in [-0.15, -0.1) is 0 Å². The highest BCUT2D eigenvalue weighted by molar-refractivity contribution is 5.91. The van der Waals surface area contributed by atoms with Gasteiger partial charge in [-0.2, -0.15) is 0 Å². The van der Waals surface area contributed by atoms with Crippen molar-refractivity contribution in [3.8, 4) is 11.5 Å². The van der Waals surface area contributed by atoms with Crippen molar-refractivity contribution in [1.29, 1.82) is 0 Å². The monoisotopic (exact) mass is 350 g/mol. The van der Waals surface area contributed by atoms with Crippen molar-refractivity contribution >= 4 is 11.9 Å². The van der Waals surface area contributed by atoms with E-state index in [1.165, 1.54) is 18.2 Å². The Kier molecular flexibility index (Phi) is 10.4. The molecular weight excluding hydrogens is 320 g/mol. The zero-order chi connectivity index (χ0) is 18.5. The molecule has 1 aromatic rings. The lowest BCUT2D eigenvalue weighted by molar-refractivity contribution is -0.134. The molecule has 1 rings (SSSR count). The van der Waals surface area contributed by atoms with E-state index in [-0.39, 0.29) is 17.3 Å². The molecule has 0 fully saturated rings. The molecule has 0 aliphatic rings. The SMILES string of the molecule is CCCCCCOc1cc(OC(=O)CCCCCC)ccc1C(=O)O. The lowest BCUT2D eigenvalue weighted by Crippen LogP contribution is -2.09. The van der Waals surface area contributed by atoms with Crippen LogP contribution in [0.1, 0.15) is 82.0 Å². The van der Waals surface area contributed by atoms with Gasteiger partial charge in [-0.3, -0.25) is 4.79 Å². The molecule has 0 radical (unpaired) electrons. The van der Waals surface area contributed by atoms with E-state index < -0.39 is 5.97 Å². The van der Waals surface area contributed by atoms with Crippen LogP contribution in [-0.4, -0.2) is 23.7 Å². The van der Waals surface area contributed by atoms with E-state index in [4.69, 9.17) is 9.47 Å². The van der Waals surface area contributed by atoms with Crippen LogP contribution in [0.5, 0.6) is 11.5 Å². The smallest absolute Gasteiger partial charge is 0.339 e. The summed E-state index contributed by atoms with van der Waals surface area (Å²) in [6.45, 7) is 4.70. The van der Waals surface area contributed by atoms with Crippen molar-refractivity contribution in [2.75, 3.05) is 6.61 Å². The van der Waals surface area contributed by atoms with Gasteiger partial charge < -0.3 is 14.6 Å². The molecule has 0 amide bonds. The van der Waals surface area contributed by atoms with Crippen LogP contribution in [-0.2, 0) is 4.79 Å². The number of carbonyl (C=O) groups is 2. The average molecular weight is 350 g/mol. The highest BCUT2D eigenvalue weighted by Gasteiger charge is 2.14. The molecule has 5 heteroatoms. The summed E-state index contributed by atoms with van der Waals surface area (Å²) in [7, 11) is 0. The highest BCUT2D eigenvalue weighted by Crippen LogP contribution is 2.26. The molecular formula is C20H30O5. The van der Waals surface area contributed by atoms with Gasteiger partial charge in [0, 0.05) is 12.5 Å². The Morgan fingerprint density at radius 1 is 0.960 bits per heavy atom. The fourth-order valence-corrected chi connectivity index (χ4v) is 2.45. The quantitative estimate of drug-likeness (QED) is 0.300. The summed E-state index contributed by atoms with van der Waals surface area (Å²) < 4.78 is 10.9. The van der Waals surface area contributed by atoms with E-state index in [0.29, 0.717) is 18.8 Å². The van der Waals surface area contributed by atoms with Crippen molar-refractivity contribution in [2.24, 2.45) is 0 Å². The molecule has 0 saturated carbocycles. The van der Waals surface area contributed by atoms with Gasteiger partial charge in [-0.1, -0.05) is 52.4 Å². The van der Waals surface area contributed by atoms with E-state index in [9.17, 15) is 14.7 Å². The van der Waals surface area contributed by atoms with Gasteiger partial charge in [-0.05, 0) is 25.0 Å². The number of carboxylic acids is 1. The lowest BCUT2D eigenvalue weighted by Gasteiger charge is -2.11. The Morgan fingerprint density at radius 2 is 1.64 bits per heavy atom. The maximum Gasteiger partial charge on any atom is 0.339 e. The molecule has 0 spiro atoms. The molecule has 0 heterocycles. The van der Waals surface area contributed by atoms with Gasteiger partial charge in [0.25, 0.3) is 0 Å². The van der Waals surface area contributed by atoms with Crippen LogP contribution in [0.25, 0.3) is 0 Å². The number of hydrogen-bond donors (Lipinski definition) is 1. The summed E-state index contributed by atoms with van der Waals surface area (Å²) in [4.78, 5) is 23.2. The summed E-state index contributed by atoms with van der Waals surface area (Å²) in [5.41, 5.74) is 0.0817. The second kappa shape index (κ2) is 12.3. The van der Waals surface area contributed by atoms with Crippen LogP contribution < -0.4 is 9.47 Å². The molecule has 0 aliphatic carbocycles. The van der Waals surface area contributed by atoms with Crippen LogP contribution in [0.2, 0.25) is 0 Å². The minimum absolute atomic E-state index is 0.0817. The number of hydrogen-bond acceptors (Lipinski definition) is 4. The van der Waals surface area contributed by atoms with Gasteiger partial charge in [0.05, 0.1) is 6.61 Å². The normalized spacial score (nSPS) is 10.5. The largest absolute Gasteiger partial charge is 0.493 e. The third-order valence-electron chi connectivity index (χ3n) is 3.91. The maximum atomic E-state index is 11.9. The number of ether oxygens (including phenoxy) is 2. The minimum Gasteiger partial charge on any atom is -0.493 e. The number of unbranched alkanes of at least 4 members (excludes halogenated alkanes) is 6. The third kappa shape index (κ3) is 8.57. The fourth-order valence-electron chi connectivity index (χ4n) is 2.45. The van der Waals surface area contributed by atoms with Gasteiger partial charge in [0.1, 0.15) is 17.1 Å². The minimum atomic E-state index is -1.05. The van der Waals surface area contributed by atoms with E-state index in [1.807, 2.05) is 0 Å². The standard InChI is InChI=1S/C20H30O5/c1-3-5-7-9-11-19(21)25-16-12-13-17(20(22)23)18(15-16)24-14-10-8-6-4-2/h12-13,15H,3-11,14H2,1-2H3,(H,22,23). The van der Waals surface area contributed by atoms with Crippen LogP contribution in [0.15, 0.2) is 18.2 Å². The summed E-state index contributed by atoms with van der Waals surface area (Å²) >= 11 is 0. The molecule has 0 aliphatic heterocycles. The first kappa shape index (κ1) is 21.0. The first-order valence-corrected chi connectivity index (χ1v) is 9.29. The Labute approximate surface area is 150 Å². The molecule has 1 N–H and O–H groups in total. The highest BCUT2D eigenvalue weighted by atomic mass is 16.5. The molecule has 25 heavy (non-hydrogen) atoms. The Hall–Kier alpha value is -2.04. The maximum absolute atomic E-state index is 11.9. The van der Waals surface area contributed by atoms with Gasteiger partial charge >= 0.3 is 11.9 Å². The summed E-state index contributed by atoms with van der Waals surface area (Å²) in [5, 5.41) is 9.26. The molecule has 0 bridgehead atoms. The predicted octanol–water partition coefficient (Wildman–Crippen LogP) is 5.22. The second-order valence-electron chi connectivity index (χ2n) is 6.16. The molecule has 140 valence electrons. The zero-order valence-electron chi connectivity index (χ0n) is 15.4. The first-order chi connectivity index (χ1) is 12.1. The van der Waals surface area contributed by atoms with Crippen molar-refractivity contribution in [3.05, 3.63) is 23.8 Å². The number of carboxylic acid groups (broad SMARTS) is 1. The van der Waals surface area contributed by atoms with Gasteiger partial charge in [0.2, 0.25) is 0 Å². The van der Waals surface area contributed by atoms with Gasteiger partial charge in [-0.25, -0.2) is 4.79 Å². The van der Waals surface area contributed by atoms with Gasteiger partial charge in [0.15, 0.2) is 0 Å². The van der Waals surface area contributed by atoms with Crippen LogP contribution in [0.3, 0.4) is 0 Å². The van der Waals surface area contributed by atoms with Crippen LogP contribution in [0.4, 0.5) is 0 Å². The molecule has 0 atom stereocenters. The van der Waals surface area contributed by atoms with Crippen LogP contribution in [0, 0.1) is 0 Å². The Morgan fingerprint density at radius 3 is 2.28 bits per heavy atom. The average Bonchev–Trinajstić information content (AvgIpc) is 2.58. The summed E-state index contributed by atoms with van der Waals surface area (Å²) in [5.74, 6) is -0.775. The third-order valence-corrected chi connectivity index (χ3v) is 3.91. The van der Waals surface area contributed by atoms with E-state index in [1.54, 1.807) is 0 Å². The fraction of sp³-hybridized carbons (Fsp3) is 0.600. The Balaban J connectivity index is 2.61. The van der Waals surface area contributed by atoms with E-state index in [0.717, 1.165) is 51.4 Å². The van der Waals surface area contributed by atoms with Crippen LogP contribution >= 0.6 is 0 Å². The van der Waals surface area contributed by atoms with E-state index >= 15 is 0 Å². The summed E-state index contributed by atoms with van der Waals surface area (Å²) in [6, 6.07) is 4.41. The zero-order valence-corrected chi connectivity index (χ0v) is 15.4. The number of aromatic carboxylic acids is 1. The molecule has 5 nitrogen and oxygen atoms in total. The number of carbonyl (C=O) groups excluding carboxylic acids is 1. The Bertz CT molecular complexity index is 539. The van der Waals surface area contributed by atoms with E-state index in [2.05, 4.69) is 13.8 Å².